The maximum absolute atomic E-state index is 5.73. The minimum absolute atomic E-state index is 0.224. The van der Waals surface area contributed by atoms with Crippen molar-refractivity contribution >= 4 is 33.1 Å². The number of hydrogen-bond donors (Lipinski definition) is 1. The highest BCUT2D eigenvalue weighted by atomic mass is 32.1. The van der Waals surface area contributed by atoms with E-state index in [9.17, 15) is 0 Å². The minimum atomic E-state index is 0.224. The van der Waals surface area contributed by atoms with Gasteiger partial charge in [0.1, 0.15) is 4.83 Å². The molecule has 0 amide bonds. The van der Waals surface area contributed by atoms with Crippen molar-refractivity contribution in [1.82, 2.24) is 19.6 Å². The van der Waals surface area contributed by atoms with Crippen LogP contribution in [0.4, 0.5) is 5.95 Å². The number of nitrogens with zero attached hydrogens (tertiary/aromatic N) is 4. The van der Waals surface area contributed by atoms with Gasteiger partial charge in [-0.1, -0.05) is 6.92 Å². The van der Waals surface area contributed by atoms with Gasteiger partial charge in [-0.3, -0.25) is 0 Å². The lowest BCUT2D eigenvalue weighted by Crippen LogP contribution is -2.20. The van der Waals surface area contributed by atoms with Crippen molar-refractivity contribution in [1.29, 1.82) is 0 Å². The Hall–Kier alpha value is -2.45. The lowest BCUT2D eigenvalue weighted by atomic mass is 10.1. The second kappa shape index (κ2) is 6.61. The summed E-state index contributed by atoms with van der Waals surface area (Å²) < 4.78 is 13.0. The second-order valence-electron chi connectivity index (χ2n) is 6.77. The van der Waals surface area contributed by atoms with Crippen LogP contribution in [0.15, 0.2) is 22.8 Å². The van der Waals surface area contributed by atoms with Crippen molar-refractivity contribution in [2.45, 2.75) is 39.2 Å². The van der Waals surface area contributed by atoms with E-state index in [4.69, 9.17) is 19.1 Å². The molecule has 0 aromatic carbocycles. The van der Waals surface area contributed by atoms with E-state index in [2.05, 4.69) is 24.3 Å². The Morgan fingerprint density at radius 2 is 2.30 bits per heavy atom. The Labute approximate surface area is 160 Å². The van der Waals surface area contributed by atoms with E-state index in [1.807, 2.05) is 12.1 Å². The van der Waals surface area contributed by atoms with Gasteiger partial charge in [0, 0.05) is 18.0 Å². The van der Waals surface area contributed by atoms with Crippen molar-refractivity contribution in [2.24, 2.45) is 0 Å². The summed E-state index contributed by atoms with van der Waals surface area (Å²) in [5, 5.41) is 9.20. The van der Waals surface area contributed by atoms with E-state index in [0.29, 0.717) is 24.1 Å². The van der Waals surface area contributed by atoms with Gasteiger partial charge in [0.15, 0.2) is 11.4 Å². The van der Waals surface area contributed by atoms with Crippen molar-refractivity contribution in [2.75, 3.05) is 18.5 Å². The Morgan fingerprint density at radius 3 is 3.04 bits per heavy atom. The predicted molar refractivity (Wildman–Crippen MR) is 105 cm³/mol. The maximum Gasteiger partial charge on any atom is 0.227 e. The van der Waals surface area contributed by atoms with E-state index < -0.39 is 0 Å². The zero-order valence-corrected chi connectivity index (χ0v) is 16.2. The fraction of sp³-hybridized carbons (Fsp3) is 0.421. The molecule has 1 saturated heterocycles. The third kappa shape index (κ3) is 2.80. The van der Waals surface area contributed by atoms with E-state index in [1.54, 1.807) is 22.1 Å². The first-order valence-electron chi connectivity index (χ1n) is 9.32. The molecule has 1 aliphatic heterocycles. The van der Waals surface area contributed by atoms with Gasteiger partial charge in [-0.25, -0.2) is 9.97 Å². The molecular formula is C19H21N5O2S. The van der Waals surface area contributed by atoms with Crippen LogP contribution >= 0.6 is 11.3 Å². The van der Waals surface area contributed by atoms with Crippen LogP contribution in [0.2, 0.25) is 0 Å². The van der Waals surface area contributed by atoms with Crippen LogP contribution in [0.1, 0.15) is 30.2 Å². The number of furan rings is 1. The third-order valence-corrected chi connectivity index (χ3v) is 6.08. The molecule has 0 unspecified atom stereocenters. The molecule has 1 aliphatic rings. The van der Waals surface area contributed by atoms with Crippen LogP contribution in [-0.4, -0.2) is 38.8 Å². The van der Waals surface area contributed by atoms with Crippen LogP contribution < -0.4 is 5.32 Å². The zero-order chi connectivity index (χ0) is 18.4. The highest BCUT2D eigenvalue weighted by Crippen LogP contribution is 2.34. The lowest BCUT2D eigenvalue weighted by molar-refractivity contribution is 0.120. The number of nitrogens with one attached hydrogen (secondary N) is 1. The molecule has 8 heteroatoms. The number of aromatic nitrogens is 4. The van der Waals surface area contributed by atoms with Crippen molar-refractivity contribution in [3.8, 4) is 11.6 Å². The van der Waals surface area contributed by atoms with Crippen molar-refractivity contribution in [3.63, 3.8) is 0 Å². The van der Waals surface area contributed by atoms with Gasteiger partial charge in [-0.05, 0) is 43.9 Å². The Balaban J connectivity index is 1.67. The number of hydrogen-bond acceptors (Lipinski definition) is 7. The number of rotatable bonds is 5. The summed E-state index contributed by atoms with van der Waals surface area (Å²) in [6.07, 6.45) is 4.99. The monoisotopic (exact) mass is 383 g/mol. The third-order valence-electron chi connectivity index (χ3n) is 5.04. The fourth-order valence-corrected chi connectivity index (χ4v) is 4.81. The summed E-state index contributed by atoms with van der Waals surface area (Å²) in [6.45, 7) is 5.86. The Bertz CT molecular complexity index is 1090. The van der Waals surface area contributed by atoms with Crippen LogP contribution in [-0.2, 0) is 11.2 Å². The molecular weight excluding hydrogens is 362 g/mol. The van der Waals surface area contributed by atoms with Gasteiger partial charge < -0.3 is 14.5 Å². The summed E-state index contributed by atoms with van der Waals surface area (Å²) in [5.74, 6) is 1.92. The number of ether oxygens (including phenoxy) is 1. The van der Waals surface area contributed by atoms with Crippen LogP contribution in [0.25, 0.3) is 27.4 Å². The second-order valence-corrected chi connectivity index (χ2v) is 7.97. The number of fused-ring (bicyclic) bond motifs is 3. The van der Waals surface area contributed by atoms with Gasteiger partial charge >= 0.3 is 0 Å². The molecule has 0 radical (unpaired) electrons. The molecule has 1 atom stereocenters. The normalized spacial score (nSPS) is 17.3. The summed E-state index contributed by atoms with van der Waals surface area (Å²) in [6, 6.07) is 3.72. The predicted octanol–water partition coefficient (Wildman–Crippen LogP) is 4.06. The first-order chi connectivity index (χ1) is 13.2. The van der Waals surface area contributed by atoms with E-state index in [1.165, 1.54) is 10.4 Å². The molecule has 0 saturated carbocycles. The van der Waals surface area contributed by atoms with Crippen LogP contribution in [0.3, 0.4) is 0 Å². The summed E-state index contributed by atoms with van der Waals surface area (Å²) >= 11 is 1.71. The molecule has 0 aliphatic carbocycles. The molecule has 1 N–H and O–H groups in total. The Morgan fingerprint density at radius 1 is 1.37 bits per heavy atom. The molecule has 27 heavy (non-hydrogen) atoms. The molecule has 1 fully saturated rings. The number of anilines is 1. The maximum atomic E-state index is 5.73. The zero-order valence-electron chi connectivity index (χ0n) is 15.4. The molecule has 140 valence electrons. The minimum Gasteiger partial charge on any atom is -0.461 e. The summed E-state index contributed by atoms with van der Waals surface area (Å²) in [7, 11) is 0. The molecule has 0 bridgehead atoms. The first-order valence-corrected chi connectivity index (χ1v) is 10.1. The Kier molecular flexibility index (Phi) is 4.09. The first kappa shape index (κ1) is 16.7. The largest absolute Gasteiger partial charge is 0.461 e. The fourth-order valence-electron chi connectivity index (χ4n) is 3.70. The number of thiophene rings is 1. The highest BCUT2D eigenvalue weighted by Gasteiger charge is 2.22. The van der Waals surface area contributed by atoms with Gasteiger partial charge in [-0.15, -0.1) is 16.4 Å². The smallest absolute Gasteiger partial charge is 0.227 e. The summed E-state index contributed by atoms with van der Waals surface area (Å²) in [4.78, 5) is 11.9. The van der Waals surface area contributed by atoms with Gasteiger partial charge in [0.25, 0.3) is 0 Å². The van der Waals surface area contributed by atoms with Crippen LogP contribution in [0.5, 0.6) is 0 Å². The molecule has 5 rings (SSSR count). The molecule has 4 aromatic heterocycles. The SMILES string of the molecule is CCc1c(C)sc2nc(NC[C@H]3CCCO3)n3nc(-c4ccco4)nc3c12. The van der Waals surface area contributed by atoms with E-state index in [0.717, 1.165) is 41.7 Å². The lowest BCUT2D eigenvalue weighted by Gasteiger charge is -2.12. The highest BCUT2D eigenvalue weighted by molar-refractivity contribution is 7.18. The average Bonchev–Trinajstić information content (AvgIpc) is 3.44. The van der Waals surface area contributed by atoms with Gasteiger partial charge in [0.2, 0.25) is 11.8 Å². The molecule has 0 spiro atoms. The topological polar surface area (TPSA) is 77.5 Å². The van der Waals surface area contributed by atoms with E-state index in [-0.39, 0.29) is 6.10 Å². The quantitative estimate of drug-likeness (QED) is 0.560. The van der Waals surface area contributed by atoms with E-state index >= 15 is 0 Å². The van der Waals surface area contributed by atoms with Gasteiger partial charge in [-0.2, -0.15) is 4.52 Å². The standard InChI is InChI=1S/C19H21N5O2S/c1-3-13-11(2)27-18-15(13)17-21-16(14-7-5-9-26-14)23-24(17)19(22-18)20-10-12-6-4-8-25-12/h5,7,9,12H,3-4,6,8,10H2,1-2H3,(H,20,22)/t12-/m1/s1. The molecule has 4 aromatic rings. The van der Waals surface area contributed by atoms with Crippen molar-refractivity contribution in [3.05, 3.63) is 28.8 Å². The van der Waals surface area contributed by atoms with Gasteiger partial charge in [0.05, 0.1) is 17.8 Å². The summed E-state index contributed by atoms with van der Waals surface area (Å²) in [5.41, 5.74) is 2.11. The molecule has 7 nitrogen and oxygen atoms in total. The average molecular weight is 383 g/mol. The number of aryl methyl sites for hydroxylation is 2. The van der Waals surface area contributed by atoms with Crippen molar-refractivity contribution < 1.29 is 9.15 Å². The molecule has 5 heterocycles. The van der Waals surface area contributed by atoms with Crippen LogP contribution in [0, 0.1) is 6.92 Å².